The average Bonchev–Trinajstić information content (AvgIpc) is 3.28. The van der Waals surface area contributed by atoms with Crippen LogP contribution in [0.3, 0.4) is 0 Å². The minimum atomic E-state index is -0.424. The Kier molecular flexibility index (Phi) is 4.73. The molecule has 7 heteroatoms. The van der Waals surface area contributed by atoms with Crippen molar-refractivity contribution in [1.82, 2.24) is 25.4 Å². The summed E-state index contributed by atoms with van der Waals surface area (Å²) >= 11 is 0. The van der Waals surface area contributed by atoms with Crippen LogP contribution in [0.25, 0.3) is 34.4 Å². The molecule has 0 fully saturated rings. The summed E-state index contributed by atoms with van der Waals surface area (Å²) in [5.74, 6) is 0.732. The summed E-state index contributed by atoms with van der Waals surface area (Å²) in [6.45, 7) is 4.08. The van der Waals surface area contributed by atoms with Crippen LogP contribution in [0.1, 0.15) is 30.9 Å². The predicted octanol–water partition coefficient (Wildman–Crippen LogP) is 5.00. The molecule has 0 spiro atoms. The molecule has 141 valence electrons. The van der Waals surface area contributed by atoms with Crippen molar-refractivity contribution in [3.63, 3.8) is 0 Å². The summed E-state index contributed by atoms with van der Waals surface area (Å²) in [6, 6.07) is 9.30. The quantitative estimate of drug-likeness (QED) is 0.513. The van der Waals surface area contributed by atoms with Crippen LogP contribution in [0.4, 0.5) is 8.78 Å². The first-order valence-corrected chi connectivity index (χ1v) is 8.89. The van der Waals surface area contributed by atoms with Crippen LogP contribution in [0.2, 0.25) is 0 Å². The molecule has 2 heterocycles. The Morgan fingerprint density at radius 2 is 1.79 bits per heavy atom. The lowest BCUT2D eigenvalue weighted by molar-refractivity contribution is 0.627. The molecule has 0 amide bonds. The molecular weight excluding hydrogens is 360 g/mol. The SMILES string of the molecule is CC(C)[CH]c1nnc(-c2cc(F)c3[nH]nc(/C=C/c4ccc(F)cc4)c3c2)[nH]1. The molecule has 0 aliphatic heterocycles. The van der Waals surface area contributed by atoms with Gasteiger partial charge in [-0.05, 0) is 41.8 Å². The lowest BCUT2D eigenvalue weighted by Gasteiger charge is -2.00. The van der Waals surface area contributed by atoms with E-state index in [1.54, 1.807) is 24.3 Å². The number of aromatic amines is 2. The number of benzene rings is 2. The molecule has 1 radical (unpaired) electrons. The predicted molar refractivity (Wildman–Crippen MR) is 105 cm³/mol. The van der Waals surface area contributed by atoms with Gasteiger partial charge in [0.25, 0.3) is 0 Å². The third-order valence-electron chi connectivity index (χ3n) is 4.23. The van der Waals surface area contributed by atoms with Gasteiger partial charge in [-0.1, -0.05) is 32.1 Å². The maximum absolute atomic E-state index is 14.6. The molecule has 0 saturated heterocycles. The molecule has 0 aliphatic rings. The largest absolute Gasteiger partial charge is 0.325 e. The van der Waals surface area contributed by atoms with Gasteiger partial charge in [0.1, 0.15) is 23.0 Å². The van der Waals surface area contributed by atoms with E-state index in [4.69, 9.17) is 0 Å². The second-order valence-electron chi connectivity index (χ2n) is 6.84. The third-order valence-corrected chi connectivity index (χ3v) is 4.23. The fourth-order valence-electron chi connectivity index (χ4n) is 2.91. The summed E-state index contributed by atoms with van der Waals surface area (Å²) in [5.41, 5.74) is 2.29. The zero-order valence-electron chi connectivity index (χ0n) is 15.4. The smallest absolute Gasteiger partial charge is 0.161 e. The summed E-state index contributed by atoms with van der Waals surface area (Å²) < 4.78 is 27.6. The zero-order valence-corrected chi connectivity index (χ0v) is 15.4. The van der Waals surface area contributed by atoms with Gasteiger partial charge >= 0.3 is 0 Å². The molecule has 0 unspecified atom stereocenters. The van der Waals surface area contributed by atoms with Crippen LogP contribution < -0.4 is 0 Å². The molecule has 0 bridgehead atoms. The van der Waals surface area contributed by atoms with Gasteiger partial charge in [0, 0.05) is 17.4 Å². The van der Waals surface area contributed by atoms with Crippen molar-refractivity contribution in [1.29, 1.82) is 0 Å². The van der Waals surface area contributed by atoms with E-state index < -0.39 is 5.82 Å². The van der Waals surface area contributed by atoms with Crippen LogP contribution in [-0.4, -0.2) is 25.4 Å². The molecule has 2 aromatic carbocycles. The van der Waals surface area contributed by atoms with E-state index >= 15 is 0 Å². The Hall–Kier alpha value is -3.35. The van der Waals surface area contributed by atoms with Crippen molar-refractivity contribution in [3.05, 3.63) is 71.5 Å². The number of nitrogens with one attached hydrogen (secondary N) is 2. The second kappa shape index (κ2) is 7.34. The first kappa shape index (κ1) is 18.0. The van der Waals surface area contributed by atoms with Crippen molar-refractivity contribution < 1.29 is 8.78 Å². The Balaban J connectivity index is 1.70. The van der Waals surface area contributed by atoms with Crippen LogP contribution in [0, 0.1) is 24.0 Å². The highest BCUT2D eigenvalue weighted by Gasteiger charge is 2.14. The fraction of sp³-hybridized carbons (Fsp3) is 0.143. The van der Waals surface area contributed by atoms with Crippen LogP contribution in [0.15, 0.2) is 36.4 Å². The molecular formula is C21H18F2N5. The Labute approximate surface area is 160 Å². The molecule has 4 rings (SSSR count). The van der Waals surface area contributed by atoms with Gasteiger partial charge in [-0.3, -0.25) is 5.10 Å². The second-order valence-corrected chi connectivity index (χ2v) is 6.84. The number of rotatable bonds is 5. The van der Waals surface area contributed by atoms with Crippen molar-refractivity contribution in [2.75, 3.05) is 0 Å². The average molecular weight is 378 g/mol. The highest BCUT2D eigenvalue weighted by Crippen LogP contribution is 2.27. The van der Waals surface area contributed by atoms with Crippen LogP contribution in [-0.2, 0) is 0 Å². The molecule has 0 aliphatic carbocycles. The first-order chi connectivity index (χ1) is 13.5. The van der Waals surface area contributed by atoms with Crippen LogP contribution >= 0.6 is 0 Å². The topological polar surface area (TPSA) is 70.2 Å². The van der Waals surface area contributed by atoms with Crippen molar-refractivity contribution in [3.8, 4) is 11.4 Å². The summed E-state index contributed by atoms with van der Waals surface area (Å²) in [4.78, 5) is 3.10. The third kappa shape index (κ3) is 3.69. The first-order valence-electron chi connectivity index (χ1n) is 8.89. The van der Waals surface area contributed by atoms with Crippen LogP contribution in [0.5, 0.6) is 0 Å². The monoisotopic (exact) mass is 378 g/mol. The minimum Gasteiger partial charge on any atom is -0.325 e. The lowest BCUT2D eigenvalue weighted by atomic mass is 10.1. The van der Waals surface area contributed by atoms with E-state index in [-0.39, 0.29) is 5.82 Å². The van der Waals surface area contributed by atoms with Gasteiger partial charge in [-0.15, -0.1) is 10.2 Å². The molecule has 28 heavy (non-hydrogen) atoms. The van der Waals surface area contributed by atoms with E-state index in [2.05, 4.69) is 25.4 Å². The van der Waals surface area contributed by atoms with E-state index in [0.717, 1.165) is 5.56 Å². The Morgan fingerprint density at radius 1 is 1.00 bits per heavy atom. The number of aromatic nitrogens is 5. The summed E-state index contributed by atoms with van der Waals surface area (Å²) in [7, 11) is 0. The van der Waals surface area contributed by atoms with Crippen molar-refractivity contribution >= 4 is 23.1 Å². The maximum atomic E-state index is 14.6. The number of H-pyrrole nitrogens is 2. The minimum absolute atomic E-state index is 0.296. The molecule has 2 N–H and O–H groups in total. The lowest BCUT2D eigenvalue weighted by Crippen LogP contribution is -1.92. The Morgan fingerprint density at radius 3 is 2.54 bits per heavy atom. The van der Waals surface area contributed by atoms with Gasteiger partial charge < -0.3 is 4.98 Å². The number of halogens is 2. The number of hydrogen-bond donors (Lipinski definition) is 2. The van der Waals surface area contributed by atoms with Crippen molar-refractivity contribution in [2.45, 2.75) is 13.8 Å². The molecule has 5 nitrogen and oxygen atoms in total. The summed E-state index contributed by atoms with van der Waals surface area (Å²) in [6.07, 6.45) is 5.50. The molecule has 4 aromatic rings. The number of hydrogen-bond acceptors (Lipinski definition) is 3. The standard InChI is InChI=1S/C21H18F2N5/c1-12(2)9-19-24-21(28-26-19)14-10-16-18(25-27-20(16)17(23)11-14)8-5-13-3-6-15(22)7-4-13/h3-12H,1-2H3,(H,25,27)(H,24,26,28)/b8-5+. The van der Waals surface area contributed by atoms with E-state index in [1.165, 1.54) is 18.2 Å². The fourth-order valence-corrected chi connectivity index (χ4v) is 2.91. The van der Waals surface area contributed by atoms with E-state index in [1.807, 2.05) is 26.3 Å². The van der Waals surface area contributed by atoms with Gasteiger partial charge in [-0.2, -0.15) is 5.10 Å². The van der Waals surface area contributed by atoms with E-state index in [0.29, 0.717) is 39.7 Å². The van der Waals surface area contributed by atoms with Crippen molar-refractivity contribution in [2.24, 2.45) is 5.92 Å². The highest BCUT2D eigenvalue weighted by molar-refractivity contribution is 5.92. The van der Waals surface area contributed by atoms with E-state index in [9.17, 15) is 8.78 Å². The number of nitrogens with zero attached hydrogens (tertiary/aromatic N) is 3. The molecule has 0 atom stereocenters. The zero-order chi connectivity index (χ0) is 19.7. The van der Waals surface area contributed by atoms with Gasteiger partial charge in [0.15, 0.2) is 5.82 Å². The number of fused-ring (bicyclic) bond motifs is 1. The van der Waals surface area contributed by atoms with Gasteiger partial charge in [0.05, 0.1) is 5.69 Å². The highest BCUT2D eigenvalue weighted by atomic mass is 19.1. The maximum Gasteiger partial charge on any atom is 0.161 e. The van der Waals surface area contributed by atoms with Gasteiger partial charge in [-0.25, -0.2) is 8.78 Å². The normalized spacial score (nSPS) is 11.9. The van der Waals surface area contributed by atoms with Gasteiger partial charge in [0.2, 0.25) is 0 Å². The summed E-state index contributed by atoms with van der Waals surface area (Å²) in [5, 5.41) is 15.7. The molecule has 2 aromatic heterocycles. The Bertz CT molecular complexity index is 1140. The molecule has 0 saturated carbocycles.